The summed E-state index contributed by atoms with van der Waals surface area (Å²) in [6, 6.07) is 11.3. The molecule has 1 aromatic carbocycles. The third-order valence-electron chi connectivity index (χ3n) is 5.72. The Bertz CT molecular complexity index is 1060. The lowest BCUT2D eigenvalue weighted by Gasteiger charge is -2.25. The van der Waals surface area contributed by atoms with Crippen LogP contribution in [0, 0.1) is 0 Å². The van der Waals surface area contributed by atoms with Crippen LogP contribution >= 0.6 is 0 Å². The molecule has 5 rings (SSSR count). The number of para-hydroxylation sites is 1. The third kappa shape index (κ3) is 2.95. The molecule has 3 heterocycles. The van der Waals surface area contributed by atoms with Crippen molar-refractivity contribution >= 4 is 16.8 Å². The predicted octanol–water partition coefficient (Wildman–Crippen LogP) is 2.91. The average molecular weight is 362 g/mol. The van der Waals surface area contributed by atoms with Gasteiger partial charge in [0.1, 0.15) is 0 Å². The molecule has 2 fully saturated rings. The Kier molecular flexibility index (Phi) is 3.85. The quantitative estimate of drug-likeness (QED) is 0.776. The van der Waals surface area contributed by atoms with Crippen LogP contribution in [0.15, 0.2) is 47.4 Å². The lowest BCUT2D eigenvalue weighted by Crippen LogP contribution is -2.40. The van der Waals surface area contributed by atoms with E-state index in [1.807, 2.05) is 35.2 Å². The average Bonchev–Trinajstić information content (AvgIpc) is 3.28. The highest BCUT2D eigenvalue weighted by atomic mass is 16.2. The van der Waals surface area contributed by atoms with Crippen LogP contribution in [0.3, 0.4) is 0 Å². The monoisotopic (exact) mass is 362 g/mol. The molecule has 2 aromatic heterocycles. The van der Waals surface area contributed by atoms with Gasteiger partial charge in [0.25, 0.3) is 11.5 Å². The summed E-state index contributed by atoms with van der Waals surface area (Å²) in [5, 5.41) is 5.51. The predicted molar refractivity (Wildman–Crippen MR) is 103 cm³/mol. The van der Waals surface area contributed by atoms with Gasteiger partial charge in [-0.25, -0.2) is 4.68 Å². The molecule has 1 N–H and O–H groups in total. The van der Waals surface area contributed by atoms with E-state index in [4.69, 9.17) is 0 Å². The number of nitrogens with one attached hydrogen (secondary N) is 1. The summed E-state index contributed by atoms with van der Waals surface area (Å²) in [7, 11) is 0. The first-order valence-corrected chi connectivity index (χ1v) is 9.66. The highest BCUT2D eigenvalue weighted by Gasteiger charge is 2.32. The van der Waals surface area contributed by atoms with Gasteiger partial charge in [0, 0.05) is 35.6 Å². The second kappa shape index (κ2) is 6.37. The normalized spacial score (nSPS) is 19.7. The maximum atomic E-state index is 13.2. The van der Waals surface area contributed by atoms with Gasteiger partial charge in [0.2, 0.25) is 0 Å². The molecule has 1 saturated heterocycles. The Hall–Kier alpha value is -2.89. The number of nitrogens with zero attached hydrogens (tertiary/aromatic N) is 3. The van der Waals surface area contributed by atoms with E-state index < -0.39 is 0 Å². The number of carbonyl (C=O) groups is 1. The van der Waals surface area contributed by atoms with Crippen LogP contribution < -0.4 is 5.56 Å². The number of benzene rings is 1. The fraction of sp³-hybridized carbons (Fsp3) is 0.381. The SMILES string of the molecule is O=C(c1c[nH]c2ccccc12)N1CCCC1Cn1nc(C2CC2)ccc1=O. The second-order valence-electron chi connectivity index (χ2n) is 7.60. The summed E-state index contributed by atoms with van der Waals surface area (Å²) in [5.74, 6) is 0.533. The molecule has 2 aliphatic rings. The molecule has 1 aliphatic carbocycles. The zero-order valence-electron chi connectivity index (χ0n) is 15.1. The Morgan fingerprint density at radius 2 is 2.00 bits per heavy atom. The van der Waals surface area contributed by atoms with E-state index in [2.05, 4.69) is 10.1 Å². The van der Waals surface area contributed by atoms with E-state index in [0.29, 0.717) is 18.0 Å². The van der Waals surface area contributed by atoms with E-state index in [-0.39, 0.29) is 17.5 Å². The number of amides is 1. The van der Waals surface area contributed by atoms with Gasteiger partial charge in [-0.2, -0.15) is 5.10 Å². The lowest BCUT2D eigenvalue weighted by atomic mass is 10.1. The number of rotatable bonds is 4. The number of aromatic amines is 1. The molecule has 0 bridgehead atoms. The summed E-state index contributed by atoms with van der Waals surface area (Å²) in [6.45, 7) is 1.19. The van der Waals surface area contributed by atoms with Gasteiger partial charge in [-0.3, -0.25) is 9.59 Å². The van der Waals surface area contributed by atoms with E-state index in [9.17, 15) is 9.59 Å². The summed E-state index contributed by atoms with van der Waals surface area (Å²) in [6.07, 6.45) is 5.95. The third-order valence-corrected chi connectivity index (χ3v) is 5.72. The van der Waals surface area contributed by atoms with Gasteiger partial charge in [0.15, 0.2) is 0 Å². The molecule has 1 atom stereocenters. The maximum Gasteiger partial charge on any atom is 0.266 e. The Morgan fingerprint density at radius 1 is 1.15 bits per heavy atom. The smallest absolute Gasteiger partial charge is 0.266 e. The zero-order chi connectivity index (χ0) is 18.4. The van der Waals surface area contributed by atoms with Gasteiger partial charge in [0.05, 0.1) is 23.8 Å². The van der Waals surface area contributed by atoms with Crippen molar-refractivity contribution < 1.29 is 4.79 Å². The minimum atomic E-state index is -0.0919. The molecule has 27 heavy (non-hydrogen) atoms. The first-order chi connectivity index (χ1) is 13.2. The standard InChI is InChI=1S/C21H22N4O2/c26-20-10-9-18(14-7-8-14)23-25(20)13-15-4-3-11-24(15)21(27)17-12-22-19-6-2-1-5-16(17)19/h1-2,5-6,9-10,12,14-15,22H,3-4,7-8,11,13H2. The summed E-state index contributed by atoms with van der Waals surface area (Å²) < 4.78 is 1.55. The van der Waals surface area contributed by atoms with Crippen molar-refractivity contribution in [3.05, 3.63) is 64.2 Å². The molecular weight excluding hydrogens is 340 g/mol. The van der Waals surface area contributed by atoms with Crippen LogP contribution in [0.1, 0.15) is 47.7 Å². The van der Waals surface area contributed by atoms with Gasteiger partial charge < -0.3 is 9.88 Å². The van der Waals surface area contributed by atoms with E-state index >= 15 is 0 Å². The number of likely N-dealkylation sites (tertiary alicyclic amines) is 1. The number of H-pyrrole nitrogens is 1. The number of carbonyl (C=O) groups excluding carboxylic acids is 1. The molecule has 1 aliphatic heterocycles. The number of hydrogen-bond acceptors (Lipinski definition) is 3. The van der Waals surface area contributed by atoms with Crippen LogP contribution in [0.5, 0.6) is 0 Å². The Labute approximate surface area is 156 Å². The zero-order valence-corrected chi connectivity index (χ0v) is 15.1. The Morgan fingerprint density at radius 3 is 2.85 bits per heavy atom. The highest BCUT2D eigenvalue weighted by molar-refractivity contribution is 6.06. The van der Waals surface area contributed by atoms with Gasteiger partial charge in [-0.15, -0.1) is 0 Å². The molecule has 6 nitrogen and oxygen atoms in total. The summed E-state index contributed by atoms with van der Waals surface area (Å²) >= 11 is 0. The van der Waals surface area contributed by atoms with Gasteiger partial charge in [-0.05, 0) is 37.8 Å². The molecule has 3 aromatic rings. The second-order valence-corrected chi connectivity index (χ2v) is 7.60. The van der Waals surface area contributed by atoms with E-state index in [0.717, 1.165) is 48.8 Å². The molecular formula is C21H22N4O2. The van der Waals surface area contributed by atoms with Crippen molar-refractivity contribution in [3.8, 4) is 0 Å². The van der Waals surface area contributed by atoms with Crippen LogP contribution in [0.4, 0.5) is 0 Å². The maximum absolute atomic E-state index is 13.2. The fourth-order valence-electron chi connectivity index (χ4n) is 4.09. The first kappa shape index (κ1) is 16.3. The van der Waals surface area contributed by atoms with Crippen LogP contribution in [-0.4, -0.2) is 38.2 Å². The van der Waals surface area contributed by atoms with E-state index in [1.54, 1.807) is 16.9 Å². The van der Waals surface area contributed by atoms with Crippen molar-refractivity contribution in [2.24, 2.45) is 0 Å². The van der Waals surface area contributed by atoms with E-state index in [1.165, 1.54) is 0 Å². The van der Waals surface area contributed by atoms with Crippen molar-refractivity contribution in [3.63, 3.8) is 0 Å². The topological polar surface area (TPSA) is 71.0 Å². The van der Waals surface area contributed by atoms with Crippen molar-refractivity contribution in [1.29, 1.82) is 0 Å². The Balaban J connectivity index is 1.41. The first-order valence-electron chi connectivity index (χ1n) is 9.66. The van der Waals surface area contributed by atoms with Crippen molar-refractivity contribution in [2.75, 3.05) is 6.54 Å². The molecule has 138 valence electrons. The van der Waals surface area contributed by atoms with Gasteiger partial charge in [-0.1, -0.05) is 18.2 Å². The molecule has 1 unspecified atom stereocenters. The molecule has 1 amide bonds. The minimum Gasteiger partial charge on any atom is -0.360 e. The van der Waals surface area contributed by atoms with Crippen molar-refractivity contribution in [1.82, 2.24) is 19.7 Å². The number of fused-ring (bicyclic) bond motifs is 1. The summed E-state index contributed by atoms with van der Waals surface area (Å²) in [5.41, 5.74) is 2.57. The largest absolute Gasteiger partial charge is 0.360 e. The molecule has 0 radical (unpaired) electrons. The van der Waals surface area contributed by atoms with Crippen molar-refractivity contribution in [2.45, 2.75) is 44.2 Å². The molecule has 6 heteroatoms. The highest BCUT2D eigenvalue weighted by Crippen LogP contribution is 2.38. The van der Waals surface area contributed by atoms with Gasteiger partial charge >= 0.3 is 0 Å². The lowest BCUT2D eigenvalue weighted by molar-refractivity contribution is 0.0722. The molecule has 0 spiro atoms. The van der Waals surface area contributed by atoms with Crippen LogP contribution in [0.25, 0.3) is 10.9 Å². The molecule has 1 saturated carbocycles. The van der Waals surface area contributed by atoms with Crippen LogP contribution in [0.2, 0.25) is 0 Å². The summed E-state index contributed by atoms with van der Waals surface area (Å²) in [4.78, 5) is 30.6. The van der Waals surface area contributed by atoms with Crippen LogP contribution in [-0.2, 0) is 6.54 Å². The number of aromatic nitrogens is 3. The fourth-order valence-corrected chi connectivity index (χ4v) is 4.09. The minimum absolute atomic E-state index is 0.00538. The number of hydrogen-bond donors (Lipinski definition) is 1.